The quantitative estimate of drug-likeness (QED) is 0.519. The molecule has 0 bridgehead atoms. The summed E-state index contributed by atoms with van der Waals surface area (Å²) in [7, 11) is 0. The summed E-state index contributed by atoms with van der Waals surface area (Å²) in [6.45, 7) is 0. The number of hydrogen-bond donors (Lipinski definition) is 0. The first-order valence-electron chi connectivity index (χ1n) is 2.84. The van der Waals surface area contributed by atoms with E-state index in [-0.39, 0.29) is 0 Å². The monoisotopic (exact) mass is 132 g/mol. The fraction of sp³-hybridized carbons (Fsp3) is 0. The summed E-state index contributed by atoms with van der Waals surface area (Å²) in [6, 6.07) is 1.77. The maximum atomic E-state index is 3.97. The lowest BCUT2D eigenvalue weighted by Gasteiger charge is -1.79. The van der Waals surface area contributed by atoms with Crippen LogP contribution in [0, 0.1) is 0 Å². The molecule has 2 aliphatic rings. The second-order valence-corrected chi connectivity index (χ2v) is 1.82. The van der Waals surface area contributed by atoms with Gasteiger partial charge in [-0.1, -0.05) is 0 Å². The van der Waals surface area contributed by atoms with Gasteiger partial charge in [0.25, 0.3) is 0 Å². The molecule has 2 heterocycles. The maximum Gasteiger partial charge on any atom is 0.116 e. The molecule has 0 saturated carbocycles. The van der Waals surface area contributed by atoms with E-state index >= 15 is 0 Å². The van der Waals surface area contributed by atoms with E-state index in [1.807, 2.05) is 0 Å². The summed E-state index contributed by atoms with van der Waals surface area (Å²) in [5.41, 5.74) is 1.60. The van der Waals surface area contributed by atoms with Gasteiger partial charge in [0.05, 0.1) is 18.1 Å². The van der Waals surface area contributed by atoms with Crippen molar-refractivity contribution in [3.63, 3.8) is 0 Å². The van der Waals surface area contributed by atoms with Crippen molar-refractivity contribution in [2.75, 3.05) is 0 Å². The zero-order valence-corrected chi connectivity index (χ0v) is 5.10. The molecular weight excluding hydrogens is 128 g/mol. The minimum atomic E-state index is 0.775. The molecule has 2 rings (SSSR count). The fourth-order valence-corrected chi connectivity index (χ4v) is 0.744. The van der Waals surface area contributed by atoms with Crippen molar-refractivity contribution in [3.05, 3.63) is 24.8 Å². The third-order valence-corrected chi connectivity index (χ3v) is 1.20. The van der Waals surface area contributed by atoms with Crippen molar-refractivity contribution < 1.29 is 0 Å². The Balaban J connectivity index is 2.74. The Labute approximate surface area is 57.3 Å². The average Bonchev–Trinajstić information content (AvgIpc) is 2.28. The van der Waals surface area contributed by atoms with Crippen LogP contribution in [-0.2, 0) is 0 Å². The van der Waals surface area contributed by atoms with Crippen LogP contribution in [0.4, 0.5) is 0 Å². The van der Waals surface area contributed by atoms with Crippen LogP contribution < -0.4 is 0 Å². The van der Waals surface area contributed by atoms with Crippen molar-refractivity contribution in [1.29, 1.82) is 0 Å². The van der Waals surface area contributed by atoms with E-state index in [9.17, 15) is 0 Å². The Kier molecular flexibility index (Phi) is 1.04. The molecule has 0 aromatic carbocycles. The molecule has 0 atom stereocenters. The molecule has 48 valence electrons. The average molecular weight is 132 g/mol. The van der Waals surface area contributed by atoms with Crippen LogP contribution in [0.2, 0.25) is 0 Å². The van der Waals surface area contributed by atoms with Crippen molar-refractivity contribution in [2.24, 2.45) is 0 Å². The molecular formula is C6H4N4. The lowest BCUT2D eigenvalue weighted by molar-refractivity contribution is 1.05. The minimum absolute atomic E-state index is 0.775. The molecule has 4 nitrogen and oxygen atoms in total. The summed E-state index contributed by atoms with van der Waals surface area (Å²) < 4.78 is 0. The number of fused-ring (bicyclic) bond motifs is 1. The van der Waals surface area contributed by atoms with E-state index in [2.05, 4.69) is 20.2 Å². The lowest BCUT2D eigenvalue weighted by Crippen LogP contribution is -1.70. The Hall–Kier alpha value is -1.58. The molecule has 0 spiro atoms. The number of hydrogen-bond acceptors (Lipinski definition) is 4. The van der Waals surface area contributed by atoms with Crippen LogP contribution in [0.1, 0.15) is 0 Å². The zero-order valence-electron chi connectivity index (χ0n) is 5.10. The molecule has 0 radical (unpaired) electrons. The Morgan fingerprint density at radius 1 is 1.00 bits per heavy atom. The van der Waals surface area contributed by atoms with Crippen LogP contribution in [0.3, 0.4) is 0 Å². The summed E-state index contributed by atoms with van der Waals surface area (Å²) in [5, 5.41) is 7.36. The van der Waals surface area contributed by atoms with Crippen LogP contribution in [0.25, 0.3) is 11.4 Å². The lowest BCUT2D eigenvalue weighted by atomic mass is 10.3. The topological polar surface area (TPSA) is 51.6 Å². The van der Waals surface area contributed by atoms with E-state index in [0.29, 0.717) is 0 Å². The highest BCUT2D eigenvalue weighted by molar-refractivity contribution is 5.51. The van der Waals surface area contributed by atoms with Gasteiger partial charge < -0.3 is 0 Å². The zero-order chi connectivity index (χ0) is 6.81. The molecule has 0 aromatic rings. The molecule has 0 saturated heterocycles. The van der Waals surface area contributed by atoms with E-state index in [4.69, 9.17) is 0 Å². The first kappa shape index (κ1) is 5.22. The Morgan fingerprint density at radius 2 is 1.90 bits per heavy atom. The van der Waals surface area contributed by atoms with Crippen LogP contribution in [0.15, 0.2) is 24.8 Å². The molecule has 0 aromatic heterocycles. The van der Waals surface area contributed by atoms with Gasteiger partial charge in [0, 0.05) is 0 Å². The van der Waals surface area contributed by atoms with Gasteiger partial charge in [-0.15, -0.1) is 0 Å². The second-order valence-electron chi connectivity index (χ2n) is 1.82. The largest absolute Gasteiger partial charge is 0.235 e. The summed E-state index contributed by atoms with van der Waals surface area (Å²) >= 11 is 0. The van der Waals surface area contributed by atoms with Gasteiger partial charge in [0.15, 0.2) is 0 Å². The highest BCUT2D eigenvalue weighted by Gasteiger charge is 2.00. The minimum Gasteiger partial charge on any atom is -0.235 e. The van der Waals surface area contributed by atoms with Crippen molar-refractivity contribution in [1.82, 2.24) is 20.2 Å². The van der Waals surface area contributed by atoms with Gasteiger partial charge in [-0.05, 0) is 6.07 Å². The van der Waals surface area contributed by atoms with Gasteiger partial charge in [-0.3, -0.25) is 0 Å². The van der Waals surface area contributed by atoms with Crippen molar-refractivity contribution >= 4 is 0 Å². The molecule has 0 amide bonds. The number of nitrogens with zero attached hydrogens (tertiary/aromatic N) is 4. The van der Waals surface area contributed by atoms with Gasteiger partial charge in [0.2, 0.25) is 0 Å². The molecule has 0 aliphatic carbocycles. The van der Waals surface area contributed by atoms with E-state index in [1.165, 1.54) is 6.33 Å². The third kappa shape index (κ3) is 0.699. The molecule has 0 fully saturated rings. The van der Waals surface area contributed by atoms with Crippen LogP contribution in [0.5, 0.6) is 0 Å². The molecule has 10 heavy (non-hydrogen) atoms. The standard InChI is InChI=1S/C6H4N4/c1-2-9-10-3-6-5(1)7-4-8-6/h1-4H. The predicted octanol–water partition coefficient (Wildman–Crippen LogP) is 0.371. The number of imidazole rings is 1. The smallest absolute Gasteiger partial charge is 0.116 e. The first-order valence-corrected chi connectivity index (χ1v) is 2.84. The SMILES string of the molecule is c1cc2ncnc-2cnn1. The Morgan fingerprint density at radius 3 is 2.90 bits per heavy atom. The third-order valence-electron chi connectivity index (χ3n) is 1.20. The summed E-state index contributed by atoms with van der Waals surface area (Å²) in [5.74, 6) is 0. The van der Waals surface area contributed by atoms with Gasteiger partial charge in [0.1, 0.15) is 12.0 Å². The highest BCUT2D eigenvalue weighted by Crippen LogP contribution is 2.10. The van der Waals surface area contributed by atoms with Gasteiger partial charge >= 0.3 is 0 Å². The van der Waals surface area contributed by atoms with Gasteiger partial charge in [-0.2, -0.15) is 10.2 Å². The second kappa shape index (κ2) is 1.98. The molecule has 0 unspecified atom stereocenters. The molecule has 2 aliphatic heterocycles. The number of aromatic nitrogens is 4. The van der Waals surface area contributed by atoms with Crippen LogP contribution >= 0.6 is 0 Å². The van der Waals surface area contributed by atoms with Crippen molar-refractivity contribution in [3.8, 4) is 11.4 Å². The fourth-order valence-electron chi connectivity index (χ4n) is 0.744. The summed E-state index contributed by atoms with van der Waals surface area (Å²) in [6.07, 6.45) is 4.69. The first-order chi connectivity index (χ1) is 4.97. The Bertz CT molecular complexity index is 281. The molecule has 4 heteroatoms. The number of rotatable bonds is 0. The summed E-state index contributed by atoms with van der Waals surface area (Å²) in [4.78, 5) is 7.91. The van der Waals surface area contributed by atoms with E-state index in [0.717, 1.165) is 11.4 Å². The maximum absolute atomic E-state index is 3.97. The van der Waals surface area contributed by atoms with Crippen molar-refractivity contribution in [2.45, 2.75) is 0 Å². The molecule has 0 N–H and O–H groups in total. The highest BCUT2D eigenvalue weighted by atomic mass is 15.1. The van der Waals surface area contributed by atoms with Crippen LogP contribution in [-0.4, -0.2) is 20.2 Å². The normalized spacial score (nSPS) is 10.0. The van der Waals surface area contributed by atoms with E-state index < -0.39 is 0 Å². The van der Waals surface area contributed by atoms with E-state index in [1.54, 1.807) is 18.5 Å². The predicted molar refractivity (Wildman–Crippen MR) is 34.2 cm³/mol. The van der Waals surface area contributed by atoms with Gasteiger partial charge in [-0.25, -0.2) is 9.97 Å².